The number of benzene rings is 2. The van der Waals surface area contributed by atoms with E-state index in [-0.39, 0.29) is 33.7 Å². The van der Waals surface area contributed by atoms with Gasteiger partial charge in [0.1, 0.15) is 5.75 Å². The molecule has 1 aliphatic rings. The number of unbranched alkanes of at least 4 members (excludes halogenated alkanes) is 3. The topological polar surface area (TPSA) is 74.7 Å². The van der Waals surface area contributed by atoms with Crippen molar-refractivity contribution >= 4 is 44.2 Å². The second-order valence-corrected chi connectivity index (χ2v) is 14.1. The highest BCUT2D eigenvalue weighted by molar-refractivity contribution is 7.22. The van der Waals surface area contributed by atoms with Crippen LogP contribution >= 0.6 is 22.9 Å². The van der Waals surface area contributed by atoms with Crippen LogP contribution in [0.1, 0.15) is 135 Å². The van der Waals surface area contributed by atoms with Crippen molar-refractivity contribution in [1.82, 2.24) is 9.88 Å². The predicted molar refractivity (Wildman–Crippen MR) is 201 cm³/mol. The maximum atomic E-state index is 13.3. The lowest BCUT2D eigenvalue weighted by Gasteiger charge is -2.35. The molecule has 0 bridgehead atoms. The highest BCUT2D eigenvalue weighted by Crippen LogP contribution is 2.37. The van der Waals surface area contributed by atoms with Crippen LogP contribution in [0.3, 0.4) is 0 Å². The molecule has 3 aromatic rings. The van der Waals surface area contributed by atoms with E-state index in [1.165, 1.54) is 44.6 Å². The average molecular weight is 730 g/mol. The van der Waals surface area contributed by atoms with Crippen LogP contribution in [-0.4, -0.2) is 46.2 Å². The van der Waals surface area contributed by atoms with E-state index in [0.29, 0.717) is 47.4 Å². The van der Waals surface area contributed by atoms with Crippen molar-refractivity contribution in [2.24, 2.45) is 5.92 Å². The molecule has 0 saturated carbocycles. The minimum Gasteiger partial charge on any atom is -0.507 e. The van der Waals surface area contributed by atoms with E-state index in [1.807, 2.05) is 27.7 Å². The molecular weight excluding hydrogens is 671 g/mol. The zero-order valence-corrected chi connectivity index (χ0v) is 32.8. The number of nitrogens with zero attached hydrogens (tertiary/aromatic N) is 2. The zero-order chi connectivity index (χ0) is 37.3. The van der Waals surface area contributed by atoms with Gasteiger partial charge < -0.3 is 9.84 Å². The minimum atomic E-state index is -4.48. The minimum absolute atomic E-state index is 0.0344. The summed E-state index contributed by atoms with van der Waals surface area (Å²) in [6.45, 7) is 22.6. The van der Waals surface area contributed by atoms with Crippen molar-refractivity contribution in [3.63, 3.8) is 0 Å². The first kappa shape index (κ1) is 44.6. The first-order chi connectivity index (χ1) is 23.1. The lowest BCUT2D eigenvalue weighted by atomic mass is 10.1. The number of nitrogens with one attached hydrogen (secondary N) is 1. The number of halogens is 4. The number of ether oxygens (including phenoxy) is 1. The molecule has 1 aliphatic heterocycles. The highest BCUT2D eigenvalue weighted by Gasteiger charge is 2.32. The van der Waals surface area contributed by atoms with Gasteiger partial charge in [0, 0.05) is 30.2 Å². The van der Waals surface area contributed by atoms with E-state index >= 15 is 0 Å². The Balaban J connectivity index is 0.000000728. The van der Waals surface area contributed by atoms with Crippen LogP contribution < -0.4 is 5.32 Å². The number of carbonyl (C=O) groups is 1. The molecule has 2 N–H and O–H groups in total. The van der Waals surface area contributed by atoms with Crippen LogP contribution in [0.5, 0.6) is 5.75 Å². The zero-order valence-electron chi connectivity index (χ0n) is 31.2. The molecule has 1 amide bonds. The van der Waals surface area contributed by atoms with Crippen LogP contribution in [0.4, 0.5) is 18.3 Å². The highest BCUT2D eigenvalue weighted by atomic mass is 35.5. The summed E-state index contributed by atoms with van der Waals surface area (Å²) < 4.78 is 45.9. The van der Waals surface area contributed by atoms with E-state index in [1.54, 1.807) is 13.0 Å². The first-order valence-electron chi connectivity index (χ1n) is 17.8. The first-order valence-corrected chi connectivity index (χ1v) is 19.0. The Kier molecular flexibility index (Phi) is 20.4. The molecule has 0 unspecified atom stereocenters. The van der Waals surface area contributed by atoms with Crippen LogP contribution in [-0.2, 0) is 23.9 Å². The van der Waals surface area contributed by atoms with E-state index < -0.39 is 17.6 Å². The van der Waals surface area contributed by atoms with E-state index in [4.69, 9.17) is 16.3 Å². The fourth-order valence-electron chi connectivity index (χ4n) is 5.16. The van der Waals surface area contributed by atoms with E-state index in [9.17, 15) is 23.1 Å². The monoisotopic (exact) mass is 729 g/mol. The molecule has 6 nitrogen and oxygen atoms in total. The van der Waals surface area contributed by atoms with Gasteiger partial charge in [-0.2, -0.15) is 13.2 Å². The number of aromatic nitrogens is 1. The Bertz CT molecular complexity index is 1400. The number of carbonyl (C=O) groups excluding carboxylic acids is 1. The molecule has 1 aromatic heterocycles. The number of alkyl halides is 3. The van der Waals surface area contributed by atoms with Crippen LogP contribution in [0.15, 0.2) is 24.3 Å². The van der Waals surface area contributed by atoms with Gasteiger partial charge in [0.25, 0.3) is 5.91 Å². The lowest BCUT2D eigenvalue weighted by molar-refractivity contribution is -0.137. The Labute approximate surface area is 301 Å². The Morgan fingerprint density at radius 2 is 1.63 bits per heavy atom. The molecular formula is C38H59ClF3N3O3S. The summed E-state index contributed by atoms with van der Waals surface area (Å²) in [5, 5.41) is 13.9. The number of rotatable bonds is 10. The Hall–Kier alpha value is -2.40. The Morgan fingerprint density at radius 1 is 1.02 bits per heavy atom. The summed E-state index contributed by atoms with van der Waals surface area (Å²) >= 11 is 7.20. The van der Waals surface area contributed by atoms with E-state index in [2.05, 4.69) is 49.8 Å². The maximum absolute atomic E-state index is 13.3. The van der Waals surface area contributed by atoms with Gasteiger partial charge >= 0.3 is 6.18 Å². The normalized spacial score (nSPS) is 16.2. The smallest absolute Gasteiger partial charge is 0.416 e. The molecule has 0 radical (unpaired) electrons. The van der Waals surface area contributed by atoms with Gasteiger partial charge in [-0.05, 0) is 56.0 Å². The molecule has 4 rings (SSSR count). The summed E-state index contributed by atoms with van der Waals surface area (Å²) in [5.41, 5.74) is 0.553. The molecule has 0 aliphatic carbocycles. The van der Waals surface area contributed by atoms with E-state index in [0.717, 1.165) is 29.4 Å². The summed E-state index contributed by atoms with van der Waals surface area (Å²) in [4.78, 5) is 19.5. The van der Waals surface area contributed by atoms with Crippen molar-refractivity contribution in [3.8, 4) is 5.75 Å². The number of hydrogen-bond donors (Lipinski definition) is 2. The SMILES string of the molecule is CC.CCCC.CCCCCC(C)C.CCc1cc(C(F)(F)F)cc2sc(NC(=O)c3cc(Cl)cc(CN4C[C@@H](C)O[C@@H](C)C4)c3O)nc12. The molecule has 278 valence electrons. The van der Waals surface area contributed by atoms with Crippen LogP contribution in [0, 0.1) is 5.92 Å². The number of aromatic hydroxyl groups is 1. The number of fused-ring (bicyclic) bond motifs is 1. The average Bonchev–Trinajstić information content (AvgIpc) is 3.45. The van der Waals surface area contributed by atoms with Gasteiger partial charge in [-0.1, -0.05) is 117 Å². The van der Waals surface area contributed by atoms with Gasteiger partial charge in [-0.25, -0.2) is 4.98 Å². The number of aryl methyl sites for hydroxylation is 1. The molecule has 11 heteroatoms. The molecule has 2 aromatic carbocycles. The van der Waals surface area contributed by atoms with Crippen molar-refractivity contribution in [2.75, 3.05) is 18.4 Å². The number of phenols is 1. The standard InChI is InChI=1S/C24H25ClF3N3O3S.C8H18.C4H10.C2H6/c1-4-14-5-16(24(26,27)28)7-19-20(14)29-23(35-19)30-22(33)18-8-17(25)6-15(21(18)32)11-31-9-12(2)34-13(3)10-31;1-4-5-6-7-8(2)3;1-3-4-2;1-2/h5-8,12-13,32H,4,9-11H2,1-3H3,(H,29,30,33);8H,4-7H2,1-3H3;3-4H2,1-2H3;1-2H3/t12-,13+;;;. The second kappa shape index (κ2) is 22.4. The number of anilines is 1. The summed E-state index contributed by atoms with van der Waals surface area (Å²) in [6, 6.07) is 5.08. The molecule has 0 spiro atoms. The second-order valence-electron chi connectivity index (χ2n) is 12.6. The fourth-order valence-corrected chi connectivity index (χ4v) is 6.35. The third-order valence-corrected chi connectivity index (χ3v) is 8.81. The number of thiazole rings is 1. The van der Waals surface area contributed by atoms with Crippen LogP contribution in [0.25, 0.3) is 10.2 Å². The third kappa shape index (κ3) is 15.2. The van der Waals surface area contributed by atoms with Gasteiger partial charge in [0.05, 0.1) is 33.6 Å². The van der Waals surface area contributed by atoms with Gasteiger partial charge in [-0.15, -0.1) is 0 Å². The van der Waals surface area contributed by atoms with Gasteiger partial charge in [-0.3, -0.25) is 15.0 Å². The predicted octanol–water partition coefficient (Wildman–Crippen LogP) is 12.2. The fraction of sp³-hybridized carbons (Fsp3) is 0.632. The molecule has 2 atom stereocenters. The van der Waals surface area contributed by atoms with Crippen molar-refractivity contribution in [3.05, 3.63) is 51.5 Å². The Morgan fingerprint density at radius 3 is 2.14 bits per heavy atom. The van der Waals surface area contributed by atoms with Crippen molar-refractivity contribution in [1.29, 1.82) is 0 Å². The largest absolute Gasteiger partial charge is 0.507 e. The summed E-state index contributed by atoms with van der Waals surface area (Å²) in [5.74, 6) is 0.0538. The van der Waals surface area contributed by atoms with Crippen molar-refractivity contribution in [2.45, 2.75) is 139 Å². The number of morpholine rings is 1. The lowest BCUT2D eigenvalue weighted by Crippen LogP contribution is -2.44. The quantitative estimate of drug-likeness (QED) is 0.203. The number of hydrogen-bond acceptors (Lipinski definition) is 6. The maximum Gasteiger partial charge on any atom is 0.416 e. The molecule has 1 fully saturated rings. The van der Waals surface area contributed by atoms with Crippen LogP contribution in [0.2, 0.25) is 5.02 Å². The summed E-state index contributed by atoms with van der Waals surface area (Å²) in [6.07, 6.45) is 4.19. The summed E-state index contributed by atoms with van der Waals surface area (Å²) in [7, 11) is 0. The molecule has 2 heterocycles. The third-order valence-electron chi connectivity index (χ3n) is 7.68. The van der Waals surface area contributed by atoms with Crippen molar-refractivity contribution < 1.29 is 27.8 Å². The number of amides is 1. The molecule has 1 saturated heterocycles. The molecule has 49 heavy (non-hydrogen) atoms. The number of phenolic OH excluding ortho intramolecular Hbond substituents is 1. The van der Waals surface area contributed by atoms with Gasteiger partial charge in [0.15, 0.2) is 5.13 Å². The van der Waals surface area contributed by atoms with Gasteiger partial charge in [0.2, 0.25) is 0 Å².